The Bertz CT molecular complexity index is 355. The Labute approximate surface area is 81.5 Å². The van der Waals surface area contributed by atoms with E-state index in [1.165, 1.54) is 0 Å². The van der Waals surface area contributed by atoms with Crippen LogP contribution in [-0.2, 0) is 14.9 Å². The van der Waals surface area contributed by atoms with Gasteiger partial charge >= 0.3 is 5.97 Å². The van der Waals surface area contributed by atoms with Gasteiger partial charge in [0.2, 0.25) is 11.8 Å². The average molecular weight is 196 g/mol. The second kappa shape index (κ2) is 3.08. The summed E-state index contributed by atoms with van der Waals surface area (Å²) in [6.45, 7) is 3.87. The fourth-order valence-corrected chi connectivity index (χ4v) is 1.39. The van der Waals surface area contributed by atoms with Crippen molar-refractivity contribution >= 4 is 5.97 Å². The normalized spacial score (nSPS) is 17.9. The summed E-state index contributed by atoms with van der Waals surface area (Å²) in [7, 11) is 0. The number of ether oxygens (including phenoxy) is 1. The summed E-state index contributed by atoms with van der Waals surface area (Å²) in [6, 6.07) is 0. The van der Waals surface area contributed by atoms with Crippen LogP contribution < -0.4 is 0 Å². The van der Waals surface area contributed by atoms with Crippen molar-refractivity contribution in [2.45, 2.75) is 32.1 Å². The van der Waals surface area contributed by atoms with Gasteiger partial charge in [-0.05, 0) is 19.8 Å². The molecule has 0 aromatic carbocycles. The lowest BCUT2D eigenvalue weighted by Gasteiger charge is -2.08. The molecule has 0 radical (unpaired) electrons. The van der Waals surface area contributed by atoms with Gasteiger partial charge in [-0.2, -0.15) is 0 Å². The van der Waals surface area contributed by atoms with Crippen LogP contribution in [0.1, 0.15) is 31.5 Å². The van der Waals surface area contributed by atoms with Gasteiger partial charge in [0.15, 0.2) is 0 Å². The molecule has 1 fully saturated rings. The van der Waals surface area contributed by atoms with Crippen LogP contribution in [0.2, 0.25) is 0 Å². The molecular formula is C9H12N2O3. The quantitative estimate of drug-likeness (QED) is 0.674. The average Bonchev–Trinajstić information content (AvgIpc) is 2.85. The van der Waals surface area contributed by atoms with Crippen LogP contribution in [-0.4, -0.2) is 22.8 Å². The van der Waals surface area contributed by atoms with Crippen LogP contribution in [0.5, 0.6) is 0 Å². The Balaban J connectivity index is 2.21. The van der Waals surface area contributed by atoms with Gasteiger partial charge in [0, 0.05) is 6.92 Å². The lowest BCUT2D eigenvalue weighted by molar-refractivity contribution is -0.146. The molecule has 1 aromatic rings. The Morgan fingerprint density at radius 2 is 2.29 bits per heavy atom. The smallest absolute Gasteiger partial charge is 0.321 e. The molecular weight excluding hydrogens is 184 g/mol. The van der Waals surface area contributed by atoms with Crippen LogP contribution >= 0.6 is 0 Å². The van der Waals surface area contributed by atoms with E-state index in [9.17, 15) is 4.79 Å². The van der Waals surface area contributed by atoms with E-state index < -0.39 is 5.41 Å². The number of hydrogen-bond acceptors (Lipinski definition) is 5. The first-order chi connectivity index (χ1) is 6.69. The Morgan fingerprint density at radius 1 is 1.57 bits per heavy atom. The van der Waals surface area contributed by atoms with E-state index in [4.69, 9.17) is 9.15 Å². The maximum absolute atomic E-state index is 11.6. The number of rotatable bonds is 3. The highest BCUT2D eigenvalue weighted by molar-refractivity contribution is 5.85. The van der Waals surface area contributed by atoms with E-state index >= 15 is 0 Å². The minimum Gasteiger partial charge on any atom is -0.465 e. The van der Waals surface area contributed by atoms with Crippen molar-refractivity contribution in [1.82, 2.24) is 10.2 Å². The third-order valence-electron chi connectivity index (χ3n) is 2.35. The van der Waals surface area contributed by atoms with E-state index in [0.717, 1.165) is 12.8 Å². The largest absolute Gasteiger partial charge is 0.465 e. The van der Waals surface area contributed by atoms with Crippen LogP contribution in [0.25, 0.3) is 0 Å². The van der Waals surface area contributed by atoms with Crippen LogP contribution in [0.15, 0.2) is 4.42 Å². The van der Waals surface area contributed by atoms with E-state index in [1.54, 1.807) is 13.8 Å². The minimum atomic E-state index is -0.628. The van der Waals surface area contributed by atoms with Gasteiger partial charge in [-0.25, -0.2) is 0 Å². The standard InChI is InChI=1S/C9H12N2O3/c1-3-13-8(12)9(4-5-9)7-11-10-6(2)14-7/h3-5H2,1-2H3. The predicted molar refractivity (Wildman–Crippen MR) is 46.6 cm³/mol. The van der Waals surface area contributed by atoms with Crippen molar-refractivity contribution < 1.29 is 13.9 Å². The summed E-state index contributed by atoms with van der Waals surface area (Å²) in [6.07, 6.45) is 1.49. The maximum Gasteiger partial charge on any atom is 0.321 e. The summed E-state index contributed by atoms with van der Waals surface area (Å²) >= 11 is 0. The number of hydrogen-bond donors (Lipinski definition) is 0. The number of carbonyl (C=O) groups is 1. The molecule has 0 bridgehead atoms. The molecule has 1 aromatic heterocycles. The maximum atomic E-state index is 11.6. The van der Waals surface area contributed by atoms with Crippen LogP contribution in [0.4, 0.5) is 0 Å². The highest BCUT2D eigenvalue weighted by atomic mass is 16.5. The minimum absolute atomic E-state index is 0.247. The van der Waals surface area contributed by atoms with Crippen molar-refractivity contribution in [1.29, 1.82) is 0 Å². The molecule has 0 amide bonds. The van der Waals surface area contributed by atoms with Crippen molar-refractivity contribution in [3.8, 4) is 0 Å². The summed E-state index contributed by atoms with van der Waals surface area (Å²) in [5.41, 5.74) is -0.628. The number of nitrogens with zero attached hydrogens (tertiary/aromatic N) is 2. The highest BCUT2D eigenvalue weighted by Gasteiger charge is 2.57. The van der Waals surface area contributed by atoms with Gasteiger partial charge in [0.25, 0.3) is 0 Å². The fourth-order valence-electron chi connectivity index (χ4n) is 1.39. The summed E-state index contributed by atoms with van der Waals surface area (Å²) < 4.78 is 10.2. The molecule has 0 spiro atoms. The zero-order valence-electron chi connectivity index (χ0n) is 8.24. The number of aromatic nitrogens is 2. The molecule has 1 aliphatic rings. The number of aryl methyl sites for hydroxylation is 1. The van der Waals surface area contributed by atoms with Crippen molar-refractivity contribution in [3.05, 3.63) is 11.8 Å². The van der Waals surface area contributed by atoms with Gasteiger partial charge in [-0.15, -0.1) is 10.2 Å². The predicted octanol–water partition coefficient (Wildman–Crippen LogP) is 0.973. The lowest BCUT2D eigenvalue weighted by Crippen LogP contribution is -2.23. The topological polar surface area (TPSA) is 65.2 Å². The molecule has 0 N–H and O–H groups in total. The van der Waals surface area contributed by atoms with Crippen LogP contribution in [0.3, 0.4) is 0 Å². The SMILES string of the molecule is CCOC(=O)C1(c2nnc(C)o2)CC1. The highest BCUT2D eigenvalue weighted by Crippen LogP contribution is 2.48. The molecule has 0 unspecified atom stereocenters. The van der Waals surface area contributed by atoms with Gasteiger partial charge in [0.05, 0.1) is 6.61 Å². The van der Waals surface area contributed by atoms with Gasteiger partial charge in [0.1, 0.15) is 5.41 Å². The van der Waals surface area contributed by atoms with E-state index in [0.29, 0.717) is 18.4 Å². The zero-order chi connectivity index (χ0) is 10.2. The summed E-state index contributed by atoms with van der Waals surface area (Å²) in [5, 5.41) is 7.58. The summed E-state index contributed by atoms with van der Waals surface area (Å²) in [5.74, 6) is 0.632. The molecule has 76 valence electrons. The van der Waals surface area contributed by atoms with Gasteiger partial charge < -0.3 is 9.15 Å². The molecule has 0 aliphatic heterocycles. The molecule has 5 nitrogen and oxygen atoms in total. The molecule has 0 saturated heterocycles. The Kier molecular flexibility index (Phi) is 2.02. The Morgan fingerprint density at radius 3 is 2.71 bits per heavy atom. The molecule has 1 saturated carbocycles. The first-order valence-corrected chi connectivity index (χ1v) is 4.67. The van der Waals surface area contributed by atoms with Gasteiger partial charge in [-0.3, -0.25) is 4.79 Å². The zero-order valence-corrected chi connectivity index (χ0v) is 8.24. The third-order valence-corrected chi connectivity index (χ3v) is 2.35. The van der Waals surface area contributed by atoms with Crippen molar-refractivity contribution in [3.63, 3.8) is 0 Å². The molecule has 2 rings (SSSR count). The molecule has 14 heavy (non-hydrogen) atoms. The molecule has 5 heteroatoms. The van der Waals surface area contributed by atoms with E-state index in [1.807, 2.05) is 0 Å². The van der Waals surface area contributed by atoms with Gasteiger partial charge in [-0.1, -0.05) is 0 Å². The second-order valence-corrected chi connectivity index (χ2v) is 3.43. The first kappa shape index (κ1) is 9.18. The monoisotopic (exact) mass is 196 g/mol. The molecule has 0 atom stereocenters. The molecule has 1 aliphatic carbocycles. The molecule has 1 heterocycles. The van der Waals surface area contributed by atoms with Crippen molar-refractivity contribution in [2.24, 2.45) is 0 Å². The number of carbonyl (C=O) groups excluding carboxylic acids is 1. The Hall–Kier alpha value is -1.39. The first-order valence-electron chi connectivity index (χ1n) is 4.67. The van der Waals surface area contributed by atoms with Crippen LogP contribution in [0, 0.1) is 6.92 Å². The van der Waals surface area contributed by atoms with Crippen molar-refractivity contribution in [2.75, 3.05) is 6.61 Å². The summed E-state index contributed by atoms with van der Waals surface area (Å²) in [4.78, 5) is 11.6. The second-order valence-electron chi connectivity index (χ2n) is 3.43. The third kappa shape index (κ3) is 1.29. The van der Waals surface area contributed by atoms with E-state index in [-0.39, 0.29) is 5.97 Å². The van der Waals surface area contributed by atoms with E-state index in [2.05, 4.69) is 10.2 Å². The lowest BCUT2D eigenvalue weighted by atomic mass is 10.1. The fraction of sp³-hybridized carbons (Fsp3) is 0.667. The number of esters is 1.